The summed E-state index contributed by atoms with van der Waals surface area (Å²) in [6, 6.07) is 38.9. The number of fused-ring (bicyclic) bond motifs is 1. The summed E-state index contributed by atoms with van der Waals surface area (Å²) < 4.78 is 35.0. The first-order valence-corrected chi connectivity index (χ1v) is 16.8. The molecule has 6 rings (SSSR count). The third kappa shape index (κ3) is 7.48. The summed E-state index contributed by atoms with van der Waals surface area (Å²) in [7, 11) is 0.0286. The minimum atomic E-state index is -3.96. The Labute approximate surface area is 275 Å². The molecule has 5 aromatic carbocycles. The number of amides is 1. The summed E-state index contributed by atoms with van der Waals surface area (Å²) in [5, 5.41) is 4.14. The Morgan fingerprint density at radius 3 is 2.30 bits per heavy atom. The molecule has 0 aliphatic carbocycles. The Kier molecular flexibility index (Phi) is 9.26. The maximum absolute atomic E-state index is 13.4. The molecule has 1 amide bonds. The number of rotatable bonds is 12. The van der Waals surface area contributed by atoms with E-state index >= 15 is 0 Å². The highest BCUT2D eigenvalue weighted by atomic mass is 32.2. The number of benzene rings is 5. The normalized spacial score (nSPS) is 12.0. The van der Waals surface area contributed by atoms with E-state index in [1.54, 1.807) is 36.4 Å². The van der Waals surface area contributed by atoms with Crippen LogP contribution in [0.25, 0.3) is 10.9 Å². The molecule has 0 aliphatic rings. The van der Waals surface area contributed by atoms with E-state index in [1.807, 2.05) is 73.7 Å². The van der Waals surface area contributed by atoms with Crippen molar-refractivity contribution in [1.29, 1.82) is 0 Å². The van der Waals surface area contributed by atoms with E-state index in [9.17, 15) is 13.2 Å². The number of ether oxygens (including phenoxy) is 1. The number of hydrogen-bond donors (Lipinski definition) is 3. The van der Waals surface area contributed by atoms with Crippen molar-refractivity contribution in [2.75, 3.05) is 30.3 Å². The van der Waals surface area contributed by atoms with Gasteiger partial charge in [-0.05, 0) is 77.4 Å². The second-order valence-electron chi connectivity index (χ2n) is 11.5. The molecule has 9 heteroatoms. The average molecular weight is 645 g/mol. The molecular weight excluding hydrogens is 609 g/mol. The van der Waals surface area contributed by atoms with Crippen LogP contribution in [-0.2, 0) is 16.6 Å². The summed E-state index contributed by atoms with van der Waals surface area (Å²) in [4.78, 5) is 18.8. The fourth-order valence-electron chi connectivity index (χ4n) is 5.47. The summed E-state index contributed by atoms with van der Waals surface area (Å²) in [5.41, 5.74) is 5.88. The van der Waals surface area contributed by atoms with E-state index in [4.69, 9.17) is 4.74 Å². The molecule has 0 radical (unpaired) electrons. The largest absolute Gasteiger partial charge is 0.489 e. The molecule has 3 N–H and O–H groups in total. The Morgan fingerprint density at radius 1 is 0.830 bits per heavy atom. The molecule has 0 bridgehead atoms. The fraction of sp³-hybridized carbons (Fsp3) is 0.132. The van der Waals surface area contributed by atoms with Crippen molar-refractivity contribution in [3.05, 3.63) is 156 Å². The summed E-state index contributed by atoms with van der Waals surface area (Å²) in [5.74, 6) is 0.117. The number of carbonyl (C=O) groups is 1. The topological polar surface area (TPSA) is 104 Å². The molecule has 238 valence electrons. The first-order chi connectivity index (χ1) is 22.8. The van der Waals surface area contributed by atoms with Crippen LogP contribution >= 0.6 is 0 Å². The minimum Gasteiger partial charge on any atom is -0.489 e. The molecule has 0 fully saturated rings. The van der Waals surface area contributed by atoms with Gasteiger partial charge < -0.3 is 19.9 Å². The van der Waals surface area contributed by atoms with Crippen molar-refractivity contribution in [3.63, 3.8) is 0 Å². The number of sulfonamides is 1. The van der Waals surface area contributed by atoms with Gasteiger partial charge in [0.2, 0.25) is 0 Å². The van der Waals surface area contributed by atoms with E-state index in [0.717, 1.165) is 33.3 Å². The lowest BCUT2D eigenvalue weighted by Crippen LogP contribution is -2.29. The zero-order chi connectivity index (χ0) is 32.8. The molecule has 6 aromatic rings. The molecule has 0 saturated heterocycles. The first kappa shape index (κ1) is 31.4. The Bertz CT molecular complexity index is 2070. The molecule has 1 aromatic heterocycles. The average Bonchev–Trinajstić information content (AvgIpc) is 3.52. The second kappa shape index (κ2) is 13.8. The Balaban J connectivity index is 1.15. The lowest BCUT2D eigenvalue weighted by Gasteiger charge is -2.20. The van der Waals surface area contributed by atoms with Crippen molar-refractivity contribution in [1.82, 2.24) is 10.3 Å². The highest BCUT2D eigenvalue weighted by Gasteiger charge is 2.21. The molecule has 1 heterocycles. The van der Waals surface area contributed by atoms with Crippen molar-refractivity contribution in [2.24, 2.45) is 0 Å². The number of anilines is 2. The van der Waals surface area contributed by atoms with E-state index in [-0.39, 0.29) is 22.3 Å². The standard InChI is InChI=1S/C38H36N4O4S/c1-42(2)31-19-15-28(16-20-31)35(36-25-39-37-14-7-6-13-34(36)37)24-40-38(43)29-11-8-12-33(23-29)47(44,45)41-30-17-21-32(22-18-30)46-26-27-9-4-3-5-10-27/h3-23,25,35,39,41H,24,26H2,1-2H3,(H,40,43)/t35-/m1/s1. The molecule has 1 atom stereocenters. The number of carbonyl (C=O) groups excluding carboxylic acids is 1. The SMILES string of the molecule is CN(C)c1ccc([C@@H](CNC(=O)c2cccc(S(=O)(=O)Nc3ccc(OCc4ccccc4)cc3)c2)c2c[nH]c3ccccc23)cc1. The van der Waals surface area contributed by atoms with E-state index in [0.29, 0.717) is 24.6 Å². The highest BCUT2D eigenvalue weighted by Crippen LogP contribution is 2.31. The third-order valence-corrected chi connectivity index (χ3v) is 9.42. The molecule has 0 saturated carbocycles. The minimum absolute atomic E-state index is 0.0120. The number of hydrogen-bond acceptors (Lipinski definition) is 5. The van der Waals surface area contributed by atoms with E-state index in [1.165, 1.54) is 12.1 Å². The predicted octanol–water partition coefficient (Wildman–Crippen LogP) is 7.18. The number of aromatic nitrogens is 1. The van der Waals surface area contributed by atoms with Gasteiger partial charge in [0.1, 0.15) is 12.4 Å². The number of nitrogens with one attached hydrogen (secondary N) is 3. The van der Waals surface area contributed by atoms with Crippen molar-refractivity contribution < 1.29 is 17.9 Å². The third-order valence-electron chi connectivity index (χ3n) is 8.04. The summed E-state index contributed by atoms with van der Waals surface area (Å²) in [6.07, 6.45) is 1.99. The van der Waals surface area contributed by atoms with Crippen LogP contribution in [0, 0.1) is 0 Å². The maximum atomic E-state index is 13.4. The Hall–Kier alpha value is -5.54. The number of nitrogens with zero attached hydrogens (tertiary/aromatic N) is 1. The van der Waals surface area contributed by atoms with Gasteiger partial charge in [-0.25, -0.2) is 8.42 Å². The fourth-order valence-corrected chi connectivity index (χ4v) is 6.57. The predicted molar refractivity (Wildman–Crippen MR) is 188 cm³/mol. The zero-order valence-corrected chi connectivity index (χ0v) is 27.0. The lowest BCUT2D eigenvalue weighted by molar-refractivity contribution is 0.0952. The van der Waals surface area contributed by atoms with Gasteiger partial charge >= 0.3 is 0 Å². The van der Waals surface area contributed by atoms with E-state index in [2.05, 4.69) is 45.4 Å². The van der Waals surface area contributed by atoms with Crippen LogP contribution in [0.5, 0.6) is 5.75 Å². The molecule has 0 aliphatic heterocycles. The monoisotopic (exact) mass is 644 g/mol. The Morgan fingerprint density at radius 2 is 1.55 bits per heavy atom. The number of para-hydroxylation sites is 1. The molecule has 47 heavy (non-hydrogen) atoms. The van der Waals surface area contributed by atoms with Crippen LogP contribution in [0.2, 0.25) is 0 Å². The maximum Gasteiger partial charge on any atom is 0.261 e. The van der Waals surface area contributed by atoms with Gasteiger partial charge in [0.25, 0.3) is 15.9 Å². The van der Waals surface area contributed by atoms with Gasteiger partial charge in [-0.2, -0.15) is 0 Å². The first-order valence-electron chi connectivity index (χ1n) is 15.3. The van der Waals surface area contributed by atoms with E-state index < -0.39 is 10.0 Å². The summed E-state index contributed by atoms with van der Waals surface area (Å²) in [6.45, 7) is 0.724. The number of H-pyrrole nitrogens is 1. The number of aromatic amines is 1. The van der Waals surface area contributed by atoms with Gasteiger partial charge in [-0.3, -0.25) is 9.52 Å². The highest BCUT2D eigenvalue weighted by molar-refractivity contribution is 7.92. The van der Waals surface area contributed by atoms with Gasteiger partial charge in [0, 0.05) is 60.6 Å². The van der Waals surface area contributed by atoms with Crippen LogP contribution in [0.1, 0.15) is 33.0 Å². The molecule has 0 unspecified atom stereocenters. The molecule has 8 nitrogen and oxygen atoms in total. The van der Waals surface area contributed by atoms with Crippen molar-refractivity contribution in [3.8, 4) is 5.75 Å². The van der Waals surface area contributed by atoms with Crippen LogP contribution < -0.4 is 19.7 Å². The van der Waals surface area contributed by atoms with Gasteiger partial charge in [-0.1, -0.05) is 66.7 Å². The second-order valence-corrected chi connectivity index (χ2v) is 13.2. The molecular formula is C38H36N4O4S. The smallest absolute Gasteiger partial charge is 0.261 e. The lowest BCUT2D eigenvalue weighted by atomic mass is 9.90. The van der Waals surface area contributed by atoms with Gasteiger partial charge in [-0.15, -0.1) is 0 Å². The van der Waals surface area contributed by atoms with Crippen molar-refractivity contribution >= 4 is 38.2 Å². The van der Waals surface area contributed by atoms with Crippen LogP contribution in [0.3, 0.4) is 0 Å². The van der Waals surface area contributed by atoms with Crippen LogP contribution in [0.15, 0.2) is 138 Å². The quantitative estimate of drug-likeness (QED) is 0.131. The molecule has 0 spiro atoms. The van der Waals surface area contributed by atoms with Crippen LogP contribution in [-0.4, -0.2) is 39.9 Å². The summed E-state index contributed by atoms with van der Waals surface area (Å²) >= 11 is 0. The van der Waals surface area contributed by atoms with Gasteiger partial charge in [0.15, 0.2) is 0 Å². The van der Waals surface area contributed by atoms with Gasteiger partial charge in [0.05, 0.1) is 4.90 Å². The zero-order valence-electron chi connectivity index (χ0n) is 26.2. The van der Waals surface area contributed by atoms with Crippen LogP contribution in [0.4, 0.5) is 11.4 Å². The van der Waals surface area contributed by atoms with Crippen molar-refractivity contribution in [2.45, 2.75) is 17.4 Å².